The Morgan fingerprint density at radius 1 is 1.36 bits per heavy atom. The molecule has 2 unspecified atom stereocenters. The average Bonchev–Trinajstić information content (AvgIpc) is 2.98. The van der Waals surface area contributed by atoms with Gasteiger partial charge in [0.05, 0.1) is 0 Å². The molecule has 1 aliphatic carbocycles. The van der Waals surface area contributed by atoms with E-state index in [1.807, 2.05) is 7.05 Å². The third kappa shape index (κ3) is 1.77. The maximum Gasteiger partial charge on any atom is 0.0373 e. The van der Waals surface area contributed by atoms with E-state index >= 15 is 0 Å². The Balaban J connectivity index is 2.10. The summed E-state index contributed by atoms with van der Waals surface area (Å²) in [6.45, 7) is 2.28. The first-order valence-electron chi connectivity index (χ1n) is 5.63. The highest BCUT2D eigenvalue weighted by atomic mass is 14.8. The van der Waals surface area contributed by atoms with E-state index in [9.17, 15) is 0 Å². The highest BCUT2D eigenvalue weighted by Crippen LogP contribution is 2.51. The maximum atomic E-state index is 3.28. The molecule has 1 aromatic rings. The van der Waals surface area contributed by atoms with E-state index in [-0.39, 0.29) is 0 Å². The monoisotopic (exact) mass is 189 g/mol. The van der Waals surface area contributed by atoms with Crippen LogP contribution in [0.4, 0.5) is 5.69 Å². The first-order valence-corrected chi connectivity index (χ1v) is 5.63. The summed E-state index contributed by atoms with van der Waals surface area (Å²) in [5, 5.41) is 3.28. The Morgan fingerprint density at radius 2 is 2.14 bits per heavy atom. The third-order valence-electron chi connectivity index (χ3n) is 3.21. The Labute approximate surface area is 86.5 Å². The maximum absolute atomic E-state index is 3.28. The minimum atomic E-state index is 0.832. The number of hydrogen-bond donors (Lipinski definition) is 1. The molecule has 0 aliphatic heterocycles. The Bertz CT molecular complexity index is 306. The van der Waals surface area contributed by atoms with Gasteiger partial charge in [-0.15, -0.1) is 0 Å². The summed E-state index contributed by atoms with van der Waals surface area (Å²) in [5.41, 5.74) is 2.84. The first-order chi connectivity index (χ1) is 6.86. The van der Waals surface area contributed by atoms with E-state index in [2.05, 4.69) is 36.5 Å². The van der Waals surface area contributed by atoms with Crippen molar-refractivity contribution in [2.75, 3.05) is 12.4 Å². The fourth-order valence-electron chi connectivity index (χ4n) is 2.37. The topological polar surface area (TPSA) is 12.0 Å². The zero-order chi connectivity index (χ0) is 9.97. The lowest BCUT2D eigenvalue weighted by Crippen LogP contribution is -1.94. The molecule has 2 rings (SSSR count). The zero-order valence-electron chi connectivity index (χ0n) is 9.09. The van der Waals surface area contributed by atoms with Crippen molar-refractivity contribution in [2.45, 2.75) is 32.1 Å². The molecule has 0 heterocycles. The van der Waals surface area contributed by atoms with Crippen molar-refractivity contribution in [3.8, 4) is 0 Å². The van der Waals surface area contributed by atoms with Gasteiger partial charge in [-0.1, -0.05) is 38.0 Å². The van der Waals surface area contributed by atoms with E-state index < -0.39 is 0 Å². The summed E-state index contributed by atoms with van der Waals surface area (Å²) >= 11 is 0. The van der Waals surface area contributed by atoms with Gasteiger partial charge in [0.25, 0.3) is 0 Å². The number of benzene rings is 1. The molecule has 1 aliphatic rings. The van der Waals surface area contributed by atoms with Gasteiger partial charge in [0, 0.05) is 12.7 Å². The fraction of sp³-hybridized carbons (Fsp3) is 0.538. The van der Waals surface area contributed by atoms with Gasteiger partial charge >= 0.3 is 0 Å². The van der Waals surface area contributed by atoms with Gasteiger partial charge in [-0.05, 0) is 29.9 Å². The molecule has 1 fully saturated rings. The molecule has 0 aromatic heterocycles. The summed E-state index contributed by atoms with van der Waals surface area (Å²) in [4.78, 5) is 0. The van der Waals surface area contributed by atoms with Gasteiger partial charge in [0.15, 0.2) is 0 Å². The molecular weight excluding hydrogens is 170 g/mol. The third-order valence-corrected chi connectivity index (χ3v) is 3.21. The van der Waals surface area contributed by atoms with Gasteiger partial charge in [-0.3, -0.25) is 0 Å². The van der Waals surface area contributed by atoms with Crippen molar-refractivity contribution >= 4 is 5.69 Å². The number of hydrogen-bond acceptors (Lipinski definition) is 1. The lowest BCUT2D eigenvalue weighted by molar-refractivity contribution is 0.687. The lowest BCUT2D eigenvalue weighted by Gasteiger charge is -2.07. The second-order valence-corrected chi connectivity index (χ2v) is 4.23. The van der Waals surface area contributed by atoms with Gasteiger partial charge in [-0.25, -0.2) is 0 Å². The second-order valence-electron chi connectivity index (χ2n) is 4.23. The normalized spacial score (nSPS) is 24.7. The lowest BCUT2D eigenvalue weighted by atomic mass is 10.1. The van der Waals surface area contributed by atoms with Crippen LogP contribution in [0.5, 0.6) is 0 Å². The van der Waals surface area contributed by atoms with Crippen molar-refractivity contribution in [3.63, 3.8) is 0 Å². The van der Waals surface area contributed by atoms with Crippen LogP contribution in [0.1, 0.15) is 37.7 Å². The van der Waals surface area contributed by atoms with Crippen LogP contribution in [-0.4, -0.2) is 7.05 Å². The average molecular weight is 189 g/mol. The minimum Gasteiger partial charge on any atom is -0.388 e. The summed E-state index contributed by atoms with van der Waals surface area (Å²) in [7, 11) is 2.01. The molecule has 1 heteroatoms. The molecule has 0 bridgehead atoms. The molecule has 0 amide bonds. The van der Waals surface area contributed by atoms with Crippen LogP contribution in [0, 0.1) is 5.92 Å². The summed E-state index contributed by atoms with van der Waals surface area (Å²) in [6, 6.07) is 8.70. The number of anilines is 1. The molecule has 76 valence electrons. The van der Waals surface area contributed by atoms with Crippen LogP contribution >= 0.6 is 0 Å². The molecule has 2 atom stereocenters. The minimum absolute atomic E-state index is 0.832. The molecule has 1 nitrogen and oxygen atoms in total. The predicted octanol–water partition coefficient (Wildman–Crippen LogP) is 3.63. The van der Waals surface area contributed by atoms with Crippen LogP contribution in [0.2, 0.25) is 0 Å². The van der Waals surface area contributed by atoms with Crippen LogP contribution < -0.4 is 5.32 Å². The van der Waals surface area contributed by atoms with E-state index in [4.69, 9.17) is 0 Å². The van der Waals surface area contributed by atoms with Crippen molar-refractivity contribution in [1.29, 1.82) is 0 Å². The molecule has 14 heavy (non-hydrogen) atoms. The smallest absolute Gasteiger partial charge is 0.0373 e. The standard InChI is InChI=1S/C13H19N/c1-3-6-10-9-12(10)11-7-4-5-8-13(11)14-2/h4-5,7-8,10,12,14H,3,6,9H2,1-2H3. The quantitative estimate of drug-likeness (QED) is 0.762. The molecule has 0 radical (unpaired) electrons. The Morgan fingerprint density at radius 3 is 2.86 bits per heavy atom. The van der Waals surface area contributed by atoms with Crippen LogP contribution in [0.15, 0.2) is 24.3 Å². The van der Waals surface area contributed by atoms with E-state index in [1.54, 1.807) is 0 Å². The van der Waals surface area contributed by atoms with E-state index in [0.29, 0.717) is 0 Å². The highest BCUT2D eigenvalue weighted by molar-refractivity contribution is 5.54. The molecule has 1 saturated carbocycles. The molecule has 0 saturated heterocycles. The number of para-hydroxylation sites is 1. The van der Waals surface area contributed by atoms with Crippen molar-refractivity contribution < 1.29 is 0 Å². The Kier molecular flexibility index (Phi) is 2.76. The van der Waals surface area contributed by atoms with Crippen molar-refractivity contribution in [1.82, 2.24) is 0 Å². The van der Waals surface area contributed by atoms with E-state index in [1.165, 1.54) is 30.5 Å². The van der Waals surface area contributed by atoms with Crippen LogP contribution in [-0.2, 0) is 0 Å². The largest absolute Gasteiger partial charge is 0.388 e. The van der Waals surface area contributed by atoms with Gasteiger partial charge in [0.2, 0.25) is 0 Å². The second kappa shape index (κ2) is 4.04. The molecular formula is C13H19N. The van der Waals surface area contributed by atoms with Crippen LogP contribution in [0.25, 0.3) is 0 Å². The SMILES string of the molecule is CCCC1CC1c1ccccc1NC. The van der Waals surface area contributed by atoms with Gasteiger partial charge in [-0.2, -0.15) is 0 Å². The number of nitrogens with one attached hydrogen (secondary N) is 1. The molecule has 1 aromatic carbocycles. The molecule has 0 spiro atoms. The summed E-state index contributed by atoms with van der Waals surface area (Å²) < 4.78 is 0. The van der Waals surface area contributed by atoms with Gasteiger partial charge in [0.1, 0.15) is 0 Å². The number of rotatable bonds is 4. The zero-order valence-corrected chi connectivity index (χ0v) is 9.09. The summed E-state index contributed by atoms with van der Waals surface area (Å²) in [5.74, 6) is 1.79. The van der Waals surface area contributed by atoms with E-state index in [0.717, 1.165) is 11.8 Å². The Hall–Kier alpha value is -0.980. The summed E-state index contributed by atoms with van der Waals surface area (Å²) in [6.07, 6.45) is 4.11. The molecule has 1 N–H and O–H groups in total. The van der Waals surface area contributed by atoms with Crippen molar-refractivity contribution in [2.24, 2.45) is 5.92 Å². The van der Waals surface area contributed by atoms with Crippen molar-refractivity contribution in [3.05, 3.63) is 29.8 Å². The predicted molar refractivity (Wildman–Crippen MR) is 61.7 cm³/mol. The first kappa shape index (κ1) is 9.57. The van der Waals surface area contributed by atoms with Gasteiger partial charge < -0.3 is 5.32 Å². The fourth-order valence-corrected chi connectivity index (χ4v) is 2.37. The highest BCUT2D eigenvalue weighted by Gasteiger charge is 2.38. The van der Waals surface area contributed by atoms with Crippen LogP contribution in [0.3, 0.4) is 0 Å².